The Morgan fingerprint density at radius 3 is 2.59 bits per heavy atom. The molecular weight excluding hydrogens is 324 g/mol. The summed E-state index contributed by atoms with van der Waals surface area (Å²) in [5.74, 6) is -0.00607. The van der Waals surface area contributed by atoms with Crippen molar-refractivity contribution in [3.8, 4) is 11.4 Å². The van der Waals surface area contributed by atoms with Crippen molar-refractivity contribution in [2.75, 3.05) is 0 Å². The number of tetrazole rings is 1. The van der Waals surface area contributed by atoms with E-state index in [2.05, 4.69) is 20.6 Å². The van der Waals surface area contributed by atoms with Crippen molar-refractivity contribution in [2.45, 2.75) is 38.5 Å². The average molecular weight is 338 g/mol. The summed E-state index contributed by atoms with van der Waals surface area (Å²) in [5.41, 5.74) is -0.499. The number of aromatic amines is 1. The van der Waals surface area contributed by atoms with Crippen molar-refractivity contribution in [1.82, 2.24) is 20.6 Å². The largest absolute Gasteiger partial charge is 1.00 e. The number of nitrogens with zero attached hydrogens (tertiary/aromatic N) is 3. The SMILES string of the molecule is CCCCC([O-])c1ccc(C(F)(F)F)cc1-c1nn[nH]n1.[K+]. The van der Waals surface area contributed by atoms with Crippen LogP contribution in [0, 0.1) is 0 Å². The molecule has 0 saturated heterocycles. The second-order valence-corrected chi connectivity index (χ2v) is 4.67. The van der Waals surface area contributed by atoms with Gasteiger partial charge in [-0.25, -0.2) is 0 Å². The predicted octanol–water partition coefficient (Wildman–Crippen LogP) is -0.519. The molecule has 0 aliphatic heterocycles. The van der Waals surface area contributed by atoms with Gasteiger partial charge in [-0.15, -0.1) is 10.2 Å². The van der Waals surface area contributed by atoms with Gasteiger partial charge in [0, 0.05) is 5.56 Å². The predicted molar refractivity (Wildman–Crippen MR) is 66.9 cm³/mol. The molecule has 1 atom stereocenters. The van der Waals surface area contributed by atoms with E-state index >= 15 is 0 Å². The molecule has 5 nitrogen and oxygen atoms in total. The third kappa shape index (κ3) is 4.83. The van der Waals surface area contributed by atoms with Crippen LogP contribution >= 0.6 is 0 Å². The number of aromatic nitrogens is 4. The summed E-state index contributed by atoms with van der Waals surface area (Å²) in [5, 5.41) is 25.1. The van der Waals surface area contributed by atoms with Gasteiger partial charge < -0.3 is 5.11 Å². The Hall–Kier alpha value is -0.324. The van der Waals surface area contributed by atoms with Crippen LogP contribution in [0.2, 0.25) is 0 Å². The van der Waals surface area contributed by atoms with Gasteiger partial charge in [-0.3, -0.25) is 0 Å². The number of hydrogen-bond donors (Lipinski definition) is 1. The van der Waals surface area contributed by atoms with Gasteiger partial charge >= 0.3 is 57.6 Å². The van der Waals surface area contributed by atoms with E-state index in [0.29, 0.717) is 12.8 Å². The number of alkyl halides is 3. The maximum Gasteiger partial charge on any atom is 1.00 e. The number of unbranched alkanes of at least 4 members (excludes halogenated alkanes) is 1. The molecule has 9 heteroatoms. The normalized spacial score (nSPS) is 12.8. The fourth-order valence-electron chi connectivity index (χ4n) is 2.03. The van der Waals surface area contributed by atoms with E-state index in [0.717, 1.165) is 18.6 Å². The van der Waals surface area contributed by atoms with Crippen molar-refractivity contribution in [1.29, 1.82) is 0 Å². The summed E-state index contributed by atoms with van der Waals surface area (Å²) >= 11 is 0. The van der Waals surface area contributed by atoms with Gasteiger partial charge in [0.15, 0.2) is 0 Å². The molecule has 0 radical (unpaired) electrons. The molecule has 0 bridgehead atoms. The van der Waals surface area contributed by atoms with Crippen LogP contribution < -0.4 is 56.5 Å². The van der Waals surface area contributed by atoms with E-state index in [-0.39, 0.29) is 68.3 Å². The van der Waals surface area contributed by atoms with Crippen LogP contribution in [0.4, 0.5) is 13.2 Å². The minimum absolute atomic E-state index is 0. The van der Waals surface area contributed by atoms with Crippen LogP contribution in [-0.4, -0.2) is 20.6 Å². The topological polar surface area (TPSA) is 77.5 Å². The first-order valence-corrected chi connectivity index (χ1v) is 6.54. The van der Waals surface area contributed by atoms with Gasteiger partial charge in [-0.05, 0) is 17.3 Å². The second-order valence-electron chi connectivity index (χ2n) is 4.67. The molecule has 1 aromatic heterocycles. The van der Waals surface area contributed by atoms with Gasteiger partial charge in [0.25, 0.3) is 0 Å². The molecule has 1 aromatic carbocycles. The number of rotatable bonds is 5. The summed E-state index contributed by atoms with van der Waals surface area (Å²) in [4.78, 5) is 0. The third-order valence-corrected chi connectivity index (χ3v) is 3.13. The first-order valence-electron chi connectivity index (χ1n) is 6.54. The quantitative estimate of drug-likeness (QED) is 0.745. The molecule has 1 unspecified atom stereocenters. The zero-order valence-corrected chi connectivity index (χ0v) is 15.4. The van der Waals surface area contributed by atoms with E-state index in [1.807, 2.05) is 6.92 Å². The summed E-state index contributed by atoms with van der Waals surface area (Å²) in [7, 11) is 0. The maximum absolute atomic E-state index is 12.8. The Morgan fingerprint density at radius 2 is 2.05 bits per heavy atom. The number of H-pyrrole nitrogens is 1. The summed E-state index contributed by atoms with van der Waals surface area (Å²) < 4.78 is 38.4. The van der Waals surface area contributed by atoms with Crippen molar-refractivity contribution >= 4 is 0 Å². The summed E-state index contributed by atoms with van der Waals surface area (Å²) in [6.45, 7) is 1.94. The van der Waals surface area contributed by atoms with E-state index < -0.39 is 17.8 Å². The zero-order chi connectivity index (χ0) is 15.5. The van der Waals surface area contributed by atoms with E-state index in [1.54, 1.807) is 0 Å². The molecule has 114 valence electrons. The van der Waals surface area contributed by atoms with Crippen molar-refractivity contribution in [3.63, 3.8) is 0 Å². The number of benzene rings is 1. The first kappa shape index (κ1) is 19.7. The van der Waals surface area contributed by atoms with Crippen molar-refractivity contribution in [3.05, 3.63) is 29.3 Å². The Balaban J connectivity index is 0.00000242. The molecule has 0 fully saturated rings. The number of nitrogens with one attached hydrogen (secondary N) is 1. The molecule has 2 rings (SSSR count). The van der Waals surface area contributed by atoms with Gasteiger partial charge in [-0.2, -0.15) is 18.4 Å². The minimum Gasteiger partial charge on any atom is -0.849 e. The van der Waals surface area contributed by atoms with Crippen LogP contribution in [0.1, 0.15) is 43.4 Å². The van der Waals surface area contributed by atoms with Crippen LogP contribution in [0.3, 0.4) is 0 Å². The summed E-state index contributed by atoms with van der Waals surface area (Å²) in [6.07, 6.45) is -3.69. The van der Waals surface area contributed by atoms with Crippen LogP contribution in [0.25, 0.3) is 11.4 Å². The van der Waals surface area contributed by atoms with Gasteiger partial charge in [0.05, 0.1) is 5.56 Å². The Bertz CT molecular complexity index is 589. The molecule has 22 heavy (non-hydrogen) atoms. The van der Waals surface area contributed by atoms with Gasteiger partial charge in [0.2, 0.25) is 5.82 Å². The van der Waals surface area contributed by atoms with Gasteiger partial charge in [0.1, 0.15) is 0 Å². The maximum atomic E-state index is 12.8. The second kappa shape index (κ2) is 8.51. The smallest absolute Gasteiger partial charge is 0.849 e. The van der Waals surface area contributed by atoms with Crippen LogP contribution in [0.5, 0.6) is 0 Å². The molecule has 1 N–H and O–H groups in total. The molecule has 2 aromatic rings. The molecule has 0 amide bonds. The Morgan fingerprint density at radius 1 is 1.32 bits per heavy atom. The standard InChI is InChI=1S/C13H14F3N4O.K/c1-2-3-4-11(21)9-6-5-8(13(14,15)16)7-10(9)12-17-19-20-18-12;/h5-7,11H,2-4H2,1H3,(H,17,18,19,20);/q-1;+1. The van der Waals surface area contributed by atoms with E-state index in [4.69, 9.17) is 0 Å². The monoisotopic (exact) mass is 338 g/mol. The zero-order valence-electron chi connectivity index (χ0n) is 12.3. The molecule has 0 aliphatic carbocycles. The Kier molecular flexibility index (Phi) is 7.63. The molecule has 0 spiro atoms. The Labute approximate surface area is 168 Å². The fourth-order valence-corrected chi connectivity index (χ4v) is 2.03. The van der Waals surface area contributed by atoms with Crippen LogP contribution in [-0.2, 0) is 6.18 Å². The average Bonchev–Trinajstić information content (AvgIpc) is 2.97. The number of hydrogen-bond acceptors (Lipinski definition) is 4. The fraction of sp³-hybridized carbons (Fsp3) is 0.462. The first-order chi connectivity index (χ1) is 9.93. The molecule has 0 saturated carbocycles. The molecular formula is C13H14F3KN4O. The van der Waals surface area contributed by atoms with E-state index in [1.165, 1.54) is 6.07 Å². The summed E-state index contributed by atoms with van der Waals surface area (Å²) in [6, 6.07) is 3.02. The molecule has 1 heterocycles. The molecule has 0 aliphatic rings. The third-order valence-electron chi connectivity index (χ3n) is 3.13. The number of halogens is 3. The van der Waals surface area contributed by atoms with Crippen molar-refractivity contribution < 1.29 is 69.7 Å². The van der Waals surface area contributed by atoms with Crippen molar-refractivity contribution in [2.24, 2.45) is 0 Å². The van der Waals surface area contributed by atoms with Gasteiger partial charge in [-0.1, -0.05) is 43.9 Å². The van der Waals surface area contributed by atoms with Crippen LogP contribution in [0.15, 0.2) is 18.2 Å². The minimum atomic E-state index is -4.49. The van der Waals surface area contributed by atoms with E-state index in [9.17, 15) is 18.3 Å².